The van der Waals surface area contributed by atoms with Crippen LogP contribution in [0.5, 0.6) is 0 Å². The molecule has 168 valence electrons. The molecule has 2 aliphatic rings. The number of aliphatic imine (C=N–C) groups is 1. The highest BCUT2D eigenvalue weighted by atomic mass is 16.2. The fraction of sp³-hybridized carbons (Fsp3) is 0.0769. The smallest absolute Gasteiger partial charge is 0.270 e. The van der Waals surface area contributed by atoms with Crippen LogP contribution >= 0.6 is 0 Å². The van der Waals surface area contributed by atoms with Gasteiger partial charge in [0.1, 0.15) is 0 Å². The number of anilines is 1. The highest BCUT2D eigenvalue weighted by Crippen LogP contribution is 2.45. The van der Waals surface area contributed by atoms with Crippen molar-refractivity contribution in [3.05, 3.63) is 115 Å². The van der Waals surface area contributed by atoms with Crippen molar-refractivity contribution >= 4 is 28.8 Å². The number of rotatable bonds is 3. The molecule has 4 aromatic heterocycles. The molecule has 7 rings (SSSR count). The number of amides is 1. The van der Waals surface area contributed by atoms with Crippen molar-refractivity contribution in [2.75, 3.05) is 5.32 Å². The van der Waals surface area contributed by atoms with Crippen LogP contribution in [0.1, 0.15) is 23.1 Å². The van der Waals surface area contributed by atoms with Gasteiger partial charge in [-0.25, -0.2) is 9.98 Å². The third kappa shape index (κ3) is 2.69. The molecule has 0 saturated carbocycles. The van der Waals surface area contributed by atoms with Gasteiger partial charge in [-0.15, -0.1) is 0 Å². The molecule has 9 heteroatoms. The first-order valence-corrected chi connectivity index (χ1v) is 11.2. The fourth-order valence-electron chi connectivity index (χ4n) is 4.89. The van der Waals surface area contributed by atoms with Gasteiger partial charge in [-0.3, -0.25) is 34.5 Å². The lowest BCUT2D eigenvalue weighted by Gasteiger charge is -2.36. The van der Waals surface area contributed by atoms with Gasteiger partial charge in [-0.1, -0.05) is 30.3 Å². The molecule has 0 bridgehead atoms. The second-order valence-corrected chi connectivity index (χ2v) is 8.33. The first-order valence-electron chi connectivity index (χ1n) is 11.2. The van der Waals surface area contributed by atoms with E-state index >= 15 is 0 Å². The largest absolute Gasteiger partial charge is 0.295 e. The number of carbonyl (C=O) groups excluding carboxylic acids is 1. The minimum absolute atomic E-state index is 0.245. The Hall–Kier alpha value is -4.92. The van der Waals surface area contributed by atoms with Crippen molar-refractivity contribution in [3.8, 4) is 0 Å². The van der Waals surface area contributed by atoms with E-state index in [2.05, 4.69) is 20.3 Å². The zero-order valence-electron chi connectivity index (χ0n) is 18.4. The number of pyridine rings is 3. The molecule has 0 spiro atoms. The van der Waals surface area contributed by atoms with E-state index in [4.69, 9.17) is 9.98 Å². The number of hydrogen-bond donors (Lipinski definition) is 1. The van der Waals surface area contributed by atoms with Crippen molar-refractivity contribution in [2.45, 2.75) is 11.7 Å². The molecule has 0 radical (unpaired) electrons. The van der Waals surface area contributed by atoms with Gasteiger partial charge in [-0.05, 0) is 42.5 Å². The zero-order valence-corrected chi connectivity index (χ0v) is 18.4. The third-order valence-corrected chi connectivity index (χ3v) is 6.41. The van der Waals surface area contributed by atoms with E-state index in [-0.39, 0.29) is 5.91 Å². The van der Waals surface area contributed by atoms with E-state index in [0.717, 1.165) is 11.0 Å². The van der Waals surface area contributed by atoms with Gasteiger partial charge < -0.3 is 0 Å². The molecule has 0 saturated heterocycles. The summed E-state index contributed by atoms with van der Waals surface area (Å²) >= 11 is 0. The Balaban J connectivity index is 1.51. The maximum atomic E-state index is 14.6. The average molecular weight is 458 g/mol. The fourth-order valence-corrected chi connectivity index (χ4v) is 4.89. The topological polar surface area (TPSA) is 101 Å². The lowest BCUT2D eigenvalue weighted by molar-refractivity contribution is -0.132. The molecular weight excluding hydrogens is 440 g/mol. The third-order valence-electron chi connectivity index (χ3n) is 6.41. The minimum Gasteiger partial charge on any atom is -0.295 e. The van der Waals surface area contributed by atoms with Crippen LogP contribution < -0.4 is 5.32 Å². The van der Waals surface area contributed by atoms with E-state index in [1.54, 1.807) is 35.8 Å². The van der Waals surface area contributed by atoms with E-state index in [9.17, 15) is 4.79 Å². The molecule has 35 heavy (non-hydrogen) atoms. The number of guanidine groups is 1. The number of carbonyl (C=O) groups is 1. The second kappa shape index (κ2) is 7.29. The van der Waals surface area contributed by atoms with Crippen LogP contribution in [0.4, 0.5) is 5.95 Å². The van der Waals surface area contributed by atoms with Gasteiger partial charge in [0.25, 0.3) is 5.91 Å². The predicted molar refractivity (Wildman–Crippen MR) is 129 cm³/mol. The number of nitrogens with one attached hydrogen (secondary N) is 1. The van der Waals surface area contributed by atoms with Crippen LogP contribution in [0.2, 0.25) is 0 Å². The van der Waals surface area contributed by atoms with Gasteiger partial charge in [0.2, 0.25) is 17.4 Å². The summed E-state index contributed by atoms with van der Waals surface area (Å²) in [6, 6.07) is 22.6. The Bertz CT molecular complexity index is 1560. The van der Waals surface area contributed by atoms with Crippen LogP contribution in [0.25, 0.3) is 11.0 Å². The van der Waals surface area contributed by atoms with Crippen LogP contribution in [-0.2, 0) is 10.3 Å². The minimum atomic E-state index is -1.40. The van der Waals surface area contributed by atoms with Gasteiger partial charge >= 0.3 is 0 Å². The zero-order chi connectivity index (χ0) is 23.4. The van der Waals surface area contributed by atoms with E-state index < -0.39 is 11.7 Å². The first kappa shape index (κ1) is 19.5. The summed E-state index contributed by atoms with van der Waals surface area (Å²) in [5, 5.41) is 3.30. The molecule has 2 unspecified atom stereocenters. The number of aromatic nitrogens is 5. The second-order valence-electron chi connectivity index (χ2n) is 8.33. The van der Waals surface area contributed by atoms with Crippen molar-refractivity contribution in [3.63, 3.8) is 0 Å². The summed E-state index contributed by atoms with van der Waals surface area (Å²) in [4.78, 5) is 39.5. The van der Waals surface area contributed by atoms with Crippen molar-refractivity contribution in [1.29, 1.82) is 0 Å². The molecule has 1 aromatic carbocycles. The van der Waals surface area contributed by atoms with Crippen LogP contribution in [0, 0.1) is 0 Å². The summed E-state index contributed by atoms with van der Waals surface area (Å²) in [6.07, 6.45) is 6.14. The lowest BCUT2D eigenvalue weighted by atomic mass is 9.87. The van der Waals surface area contributed by atoms with Crippen molar-refractivity contribution in [2.24, 2.45) is 4.99 Å². The quantitative estimate of drug-likeness (QED) is 0.445. The number of hydrogen-bond acceptors (Lipinski definition) is 7. The summed E-state index contributed by atoms with van der Waals surface area (Å²) in [6.45, 7) is 0. The molecule has 1 N–H and O–H groups in total. The molecule has 2 atom stereocenters. The number of fused-ring (bicyclic) bond motifs is 4. The Labute approximate surface area is 199 Å². The SMILES string of the molecule is O=C1N2C(=NC1(c1cccnc1)c1ccccn1)Nc1nc3ccccc3n1C2c1ccccn1. The average Bonchev–Trinajstić information content (AvgIpc) is 3.44. The Kier molecular flexibility index (Phi) is 4.07. The van der Waals surface area contributed by atoms with Gasteiger partial charge in [0.05, 0.1) is 22.4 Å². The monoisotopic (exact) mass is 458 g/mol. The molecule has 2 aliphatic heterocycles. The van der Waals surface area contributed by atoms with E-state index in [1.807, 2.05) is 71.3 Å². The maximum absolute atomic E-state index is 14.6. The Morgan fingerprint density at radius 3 is 2.46 bits per heavy atom. The van der Waals surface area contributed by atoms with E-state index in [1.165, 1.54) is 0 Å². The highest BCUT2D eigenvalue weighted by molar-refractivity contribution is 6.15. The van der Waals surface area contributed by atoms with Gasteiger partial charge in [-0.2, -0.15) is 0 Å². The number of para-hydroxylation sites is 2. The Morgan fingerprint density at radius 1 is 0.857 bits per heavy atom. The number of nitrogens with zero attached hydrogens (tertiary/aromatic N) is 7. The van der Waals surface area contributed by atoms with Crippen LogP contribution in [0.3, 0.4) is 0 Å². The molecule has 1 amide bonds. The molecule has 0 aliphatic carbocycles. The molecule has 0 fully saturated rings. The number of imidazole rings is 1. The van der Waals surface area contributed by atoms with Gasteiger partial charge in [0.15, 0.2) is 6.17 Å². The molecular formula is C26H18N8O. The number of benzene rings is 1. The predicted octanol–water partition coefficient (Wildman–Crippen LogP) is 3.34. The summed E-state index contributed by atoms with van der Waals surface area (Å²) < 4.78 is 1.99. The van der Waals surface area contributed by atoms with E-state index in [0.29, 0.717) is 28.9 Å². The van der Waals surface area contributed by atoms with Gasteiger partial charge in [0, 0.05) is 30.4 Å². The van der Waals surface area contributed by atoms with Crippen LogP contribution in [0.15, 0.2) is 103 Å². The van der Waals surface area contributed by atoms with Crippen LogP contribution in [-0.4, -0.2) is 41.3 Å². The normalized spacial score (nSPS) is 20.8. The Morgan fingerprint density at radius 2 is 1.69 bits per heavy atom. The maximum Gasteiger partial charge on any atom is 0.270 e. The summed E-state index contributed by atoms with van der Waals surface area (Å²) in [5.41, 5.74) is 2.15. The standard InChI is InChI=1S/C26H18N8O/c35-23-26(17-8-7-13-27-16-17,21-12-4-6-15-29-21)32-25-31-24-30-18-9-1-2-11-20(18)33(24)22(34(23)25)19-10-3-5-14-28-19/h1-16,22H,(H,30,31,32). The molecule has 6 heterocycles. The van der Waals surface area contributed by atoms with Crippen molar-refractivity contribution in [1.82, 2.24) is 29.4 Å². The first-order chi connectivity index (χ1) is 17.3. The highest BCUT2D eigenvalue weighted by Gasteiger charge is 2.56. The van der Waals surface area contributed by atoms with Crippen molar-refractivity contribution < 1.29 is 4.79 Å². The lowest BCUT2D eigenvalue weighted by Crippen LogP contribution is -2.50. The molecule has 5 aromatic rings. The molecule has 9 nitrogen and oxygen atoms in total. The summed E-state index contributed by atoms with van der Waals surface area (Å²) in [7, 11) is 0. The summed E-state index contributed by atoms with van der Waals surface area (Å²) in [5.74, 6) is 0.737.